The number of ether oxygens (including phenoxy) is 1. The number of nitrogens with zero attached hydrogens (tertiary/aromatic N) is 3. The van der Waals surface area contributed by atoms with Gasteiger partial charge in [0.05, 0.1) is 12.8 Å². The Balaban J connectivity index is 1.87. The fourth-order valence-corrected chi connectivity index (χ4v) is 2.81. The maximum Gasteiger partial charge on any atom is 0.274 e. The van der Waals surface area contributed by atoms with Gasteiger partial charge in [0, 0.05) is 18.3 Å². The number of aryl methyl sites for hydroxylation is 1. The Morgan fingerprint density at radius 2 is 1.89 bits per heavy atom. The number of carbonyl (C=O) groups excluding carboxylic acids is 1. The molecule has 27 heavy (non-hydrogen) atoms. The normalized spacial score (nSPS) is 10.3. The van der Waals surface area contributed by atoms with E-state index < -0.39 is 0 Å². The molecule has 1 aromatic heterocycles. The van der Waals surface area contributed by atoms with Crippen LogP contribution in [0, 0.1) is 6.92 Å². The quantitative estimate of drug-likeness (QED) is 0.712. The van der Waals surface area contributed by atoms with E-state index in [1.54, 1.807) is 13.2 Å². The third-order valence-corrected chi connectivity index (χ3v) is 4.15. The van der Waals surface area contributed by atoms with Crippen LogP contribution in [0.3, 0.4) is 0 Å². The molecule has 0 saturated carbocycles. The minimum absolute atomic E-state index is 0.290. The molecule has 0 radical (unpaired) electrons. The molecule has 1 heterocycles. The van der Waals surface area contributed by atoms with Crippen molar-refractivity contribution in [2.24, 2.45) is 0 Å². The first-order chi connectivity index (χ1) is 13.1. The predicted molar refractivity (Wildman–Crippen MR) is 107 cm³/mol. The standard InChI is InChI=1S/C21H22N4O2/c1-4-25(16-8-6-5-7-9-16)20-13-18(22-14-23-20)21(26)24-17-12-15(2)10-11-19(17)27-3/h5-14H,4H2,1-3H3,(H,24,26). The van der Waals surface area contributed by atoms with Crippen LogP contribution in [-0.4, -0.2) is 29.5 Å². The van der Waals surface area contributed by atoms with Crippen molar-refractivity contribution in [3.63, 3.8) is 0 Å². The van der Waals surface area contributed by atoms with E-state index in [1.165, 1.54) is 6.33 Å². The second-order valence-electron chi connectivity index (χ2n) is 6.00. The largest absolute Gasteiger partial charge is 0.495 e. The Labute approximate surface area is 158 Å². The van der Waals surface area contributed by atoms with Gasteiger partial charge in [-0.05, 0) is 43.7 Å². The average molecular weight is 362 g/mol. The maximum absolute atomic E-state index is 12.7. The van der Waals surface area contributed by atoms with Gasteiger partial charge in [0.1, 0.15) is 23.6 Å². The molecule has 1 amide bonds. The van der Waals surface area contributed by atoms with Crippen LogP contribution >= 0.6 is 0 Å². The molecule has 0 spiro atoms. The van der Waals surface area contributed by atoms with E-state index in [4.69, 9.17) is 4.74 Å². The molecule has 2 aromatic carbocycles. The number of aromatic nitrogens is 2. The lowest BCUT2D eigenvalue weighted by Gasteiger charge is -2.22. The summed E-state index contributed by atoms with van der Waals surface area (Å²) in [5.74, 6) is 0.953. The molecule has 0 atom stereocenters. The van der Waals surface area contributed by atoms with Gasteiger partial charge < -0.3 is 15.0 Å². The molecule has 6 nitrogen and oxygen atoms in total. The van der Waals surface area contributed by atoms with Crippen molar-refractivity contribution in [2.45, 2.75) is 13.8 Å². The lowest BCUT2D eigenvalue weighted by Crippen LogP contribution is -2.20. The molecule has 0 saturated heterocycles. The lowest BCUT2D eigenvalue weighted by atomic mass is 10.2. The van der Waals surface area contributed by atoms with Crippen LogP contribution in [0.4, 0.5) is 17.2 Å². The number of hydrogen-bond donors (Lipinski definition) is 1. The van der Waals surface area contributed by atoms with Gasteiger partial charge in [-0.3, -0.25) is 4.79 Å². The highest BCUT2D eigenvalue weighted by molar-refractivity contribution is 6.04. The number of amides is 1. The fourth-order valence-electron chi connectivity index (χ4n) is 2.81. The van der Waals surface area contributed by atoms with Crippen LogP contribution in [-0.2, 0) is 0 Å². The molecule has 3 rings (SSSR count). The Morgan fingerprint density at radius 3 is 2.59 bits per heavy atom. The van der Waals surface area contributed by atoms with Crippen molar-refractivity contribution in [1.82, 2.24) is 9.97 Å². The monoisotopic (exact) mass is 362 g/mol. The minimum Gasteiger partial charge on any atom is -0.495 e. The van der Waals surface area contributed by atoms with Gasteiger partial charge in [0.25, 0.3) is 5.91 Å². The smallest absolute Gasteiger partial charge is 0.274 e. The number of nitrogens with one attached hydrogen (secondary N) is 1. The molecule has 0 unspecified atom stereocenters. The molecule has 6 heteroatoms. The Morgan fingerprint density at radius 1 is 1.11 bits per heavy atom. The average Bonchev–Trinajstić information content (AvgIpc) is 2.70. The summed E-state index contributed by atoms with van der Waals surface area (Å²) in [5, 5.41) is 2.87. The summed E-state index contributed by atoms with van der Waals surface area (Å²) < 4.78 is 5.32. The van der Waals surface area contributed by atoms with Gasteiger partial charge in [-0.25, -0.2) is 9.97 Å². The van der Waals surface area contributed by atoms with E-state index in [-0.39, 0.29) is 11.6 Å². The second-order valence-corrected chi connectivity index (χ2v) is 6.00. The van der Waals surface area contributed by atoms with Crippen LogP contribution in [0.25, 0.3) is 0 Å². The molecule has 0 fully saturated rings. The number of hydrogen-bond acceptors (Lipinski definition) is 5. The Kier molecular flexibility index (Phi) is 5.66. The van der Waals surface area contributed by atoms with Crippen molar-refractivity contribution in [3.05, 3.63) is 72.2 Å². The minimum atomic E-state index is -0.313. The highest BCUT2D eigenvalue weighted by Gasteiger charge is 2.15. The number of anilines is 3. The number of rotatable bonds is 6. The highest BCUT2D eigenvalue weighted by atomic mass is 16.5. The zero-order valence-electron chi connectivity index (χ0n) is 15.6. The molecular weight excluding hydrogens is 340 g/mol. The zero-order valence-corrected chi connectivity index (χ0v) is 15.6. The van der Waals surface area contributed by atoms with Gasteiger partial charge in [-0.15, -0.1) is 0 Å². The Hall–Kier alpha value is -3.41. The third-order valence-electron chi connectivity index (χ3n) is 4.15. The first kappa shape index (κ1) is 18.4. The third kappa shape index (κ3) is 4.23. The van der Waals surface area contributed by atoms with Crippen molar-refractivity contribution < 1.29 is 9.53 Å². The number of methoxy groups -OCH3 is 1. The Bertz CT molecular complexity index is 928. The first-order valence-electron chi connectivity index (χ1n) is 8.73. The van der Waals surface area contributed by atoms with Gasteiger partial charge in [-0.1, -0.05) is 24.3 Å². The molecule has 1 N–H and O–H groups in total. The number of benzene rings is 2. The van der Waals surface area contributed by atoms with E-state index in [2.05, 4.69) is 15.3 Å². The van der Waals surface area contributed by atoms with E-state index in [1.807, 2.05) is 67.3 Å². The highest BCUT2D eigenvalue weighted by Crippen LogP contribution is 2.26. The molecule has 0 aliphatic heterocycles. The van der Waals surface area contributed by atoms with Crippen LogP contribution in [0.15, 0.2) is 60.9 Å². The van der Waals surface area contributed by atoms with Crippen molar-refractivity contribution in [3.8, 4) is 5.75 Å². The molecule has 0 aliphatic carbocycles. The van der Waals surface area contributed by atoms with Gasteiger partial charge >= 0.3 is 0 Å². The topological polar surface area (TPSA) is 67.4 Å². The predicted octanol–water partition coefficient (Wildman–Crippen LogP) is 4.20. The molecule has 138 valence electrons. The molecule has 0 aliphatic rings. The van der Waals surface area contributed by atoms with Crippen LogP contribution in [0.2, 0.25) is 0 Å². The van der Waals surface area contributed by atoms with Crippen LogP contribution < -0.4 is 15.0 Å². The number of para-hydroxylation sites is 1. The fraction of sp³-hybridized carbons (Fsp3) is 0.190. The van der Waals surface area contributed by atoms with Gasteiger partial charge in [0.2, 0.25) is 0 Å². The van der Waals surface area contributed by atoms with Crippen LogP contribution in [0.1, 0.15) is 23.0 Å². The summed E-state index contributed by atoms with van der Waals surface area (Å²) >= 11 is 0. The van der Waals surface area contributed by atoms with E-state index >= 15 is 0 Å². The first-order valence-corrected chi connectivity index (χ1v) is 8.73. The summed E-state index contributed by atoms with van der Waals surface area (Å²) in [4.78, 5) is 23.2. The maximum atomic E-state index is 12.7. The number of carbonyl (C=O) groups is 1. The summed E-state index contributed by atoms with van der Waals surface area (Å²) in [5.41, 5.74) is 2.93. The molecule has 3 aromatic rings. The van der Waals surface area contributed by atoms with E-state index in [0.29, 0.717) is 23.8 Å². The summed E-state index contributed by atoms with van der Waals surface area (Å²) in [6.07, 6.45) is 1.41. The van der Waals surface area contributed by atoms with E-state index in [9.17, 15) is 4.79 Å². The summed E-state index contributed by atoms with van der Waals surface area (Å²) in [6.45, 7) is 4.71. The zero-order chi connectivity index (χ0) is 19.2. The molecule has 0 bridgehead atoms. The summed E-state index contributed by atoms with van der Waals surface area (Å²) in [7, 11) is 1.57. The van der Waals surface area contributed by atoms with Gasteiger partial charge in [-0.2, -0.15) is 0 Å². The second kappa shape index (κ2) is 8.31. The lowest BCUT2D eigenvalue weighted by molar-refractivity contribution is 0.102. The van der Waals surface area contributed by atoms with Crippen molar-refractivity contribution in [2.75, 3.05) is 23.9 Å². The van der Waals surface area contributed by atoms with E-state index in [0.717, 1.165) is 11.3 Å². The van der Waals surface area contributed by atoms with Crippen LogP contribution in [0.5, 0.6) is 5.75 Å². The molecular formula is C21H22N4O2. The van der Waals surface area contributed by atoms with Crippen molar-refractivity contribution >= 4 is 23.1 Å². The SMILES string of the molecule is CCN(c1ccccc1)c1cc(C(=O)Nc2cc(C)ccc2OC)ncn1. The van der Waals surface area contributed by atoms with Crippen molar-refractivity contribution in [1.29, 1.82) is 0 Å². The summed E-state index contributed by atoms with van der Waals surface area (Å²) in [6, 6.07) is 17.2. The van der Waals surface area contributed by atoms with Gasteiger partial charge in [0.15, 0.2) is 0 Å².